The summed E-state index contributed by atoms with van der Waals surface area (Å²) in [6.07, 6.45) is 0.864. The van der Waals surface area contributed by atoms with E-state index in [2.05, 4.69) is 19.2 Å². The maximum atomic E-state index is 12.3. The van der Waals surface area contributed by atoms with Gasteiger partial charge in [-0.1, -0.05) is 34.1 Å². The molecule has 0 spiro atoms. The first-order chi connectivity index (χ1) is 9.38. The molecule has 116 valence electrons. The lowest BCUT2D eigenvalue weighted by Gasteiger charge is -2.40. The van der Waals surface area contributed by atoms with E-state index in [0.717, 1.165) is 6.42 Å². The minimum atomic E-state index is -0.437. The van der Waals surface area contributed by atoms with Gasteiger partial charge in [0.1, 0.15) is 12.1 Å². The number of ether oxygens (including phenoxy) is 1. The normalized spacial score (nSPS) is 25.0. The van der Waals surface area contributed by atoms with Crippen LogP contribution in [-0.2, 0) is 14.3 Å². The fraction of sp³-hybridized carbons (Fsp3) is 0.867. The van der Waals surface area contributed by atoms with E-state index in [1.807, 2.05) is 13.8 Å². The summed E-state index contributed by atoms with van der Waals surface area (Å²) in [4.78, 5) is 26.1. The summed E-state index contributed by atoms with van der Waals surface area (Å²) in [6.45, 7) is 11.6. The van der Waals surface area contributed by atoms with E-state index < -0.39 is 6.04 Å². The minimum Gasteiger partial charge on any atom is -0.379 e. The van der Waals surface area contributed by atoms with Crippen LogP contribution in [0.4, 0.5) is 0 Å². The van der Waals surface area contributed by atoms with Crippen LogP contribution in [0.2, 0.25) is 0 Å². The summed E-state index contributed by atoms with van der Waals surface area (Å²) < 4.78 is 5.55. The van der Waals surface area contributed by atoms with Crippen LogP contribution in [0.3, 0.4) is 0 Å². The molecule has 0 radical (unpaired) electrons. The minimum absolute atomic E-state index is 0.0111. The van der Waals surface area contributed by atoms with Crippen LogP contribution in [0.25, 0.3) is 0 Å². The maximum absolute atomic E-state index is 12.3. The van der Waals surface area contributed by atoms with Crippen molar-refractivity contribution in [2.75, 3.05) is 19.8 Å². The van der Waals surface area contributed by atoms with Crippen molar-refractivity contribution in [2.45, 2.75) is 53.1 Å². The van der Waals surface area contributed by atoms with Crippen LogP contribution in [0.5, 0.6) is 0 Å². The molecule has 0 aromatic rings. The molecular formula is C15H28N2O3. The van der Waals surface area contributed by atoms with Crippen LogP contribution in [0.15, 0.2) is 0 Å². The topological polar surface area (TPSA) is 58.6 Å². The van der Waals surface area contributed by atoms with Gasteiger partial charge in [0.15, 0.2) is 0 Å². The largest absolute Gasteiger partial charge is 0.379 e. The van der Waals surface area contributed by atoms with Crippen molar-refractivity contribution < 1.29 is 14.3 Å². The summed E-state index contributed by atoms with van der Waals surface area (Å²) in [5.74, 6) is 0.564. The van der Waals surface area contributed by atoms with Gasteiger partial charge in [0.2, 0.25) is 11.8 Å². The Bertz CT molecular complexity index is 344. The van der Waals surface area contributed by atoms with E-state index in [4.69, 9.17) is 4.74 Å². The van der Waals surface area contributed by atoms with Gasteiger partial charge in [0.05, 0.1) is 6.61 Å². The highest BCUT2D eigenvalue weighted by molar-refractivity contribution is 5.96. The molecule has 3 unspecified atom stereocenters. The van der Waals surface area contributed by atoms with Crippen LogP contribution in [0.1, 0.15) is 41.0 Å². The highest BCUT2D eigenvalue weighted by Crippen LogP contribution is 2.19. The second-order valence-corrected chi connectivity index (χ2v) is 6.06. The smallest absolute Gasteiger partial charge is 0.245 e. The number of nitrogens with zero attached hydrogens (tertiary/aromatic N) is 1. The third kappa shape index (κ3) is 4.20. The third-order valence-electron chi connectivity index (χ3n) is 3.73. The lowest BCUT2D eigenvalue weighted by Crippen LogP contribution is -2.64. The predicted octanol–water partition coefficient (Wildman–Crippen LogP) is 1.42. The average Bonchev–Trinajstić information content (AvgIpc) is 2.38. The summed E-state index contributed by atoms with van der Waals surface area (Å²) >= 11 is 0. The Kier molecular flexibility index (Phi) is 6.46. The second-order valence-electron chi connectivity index (χ2n) is 6.06. The predicted molar refractivity (Wildman–Crippen MR) is 78.2 cm³/mol. The summed E-state index contributed by atoms with van der Waals surface area (Å²) in [5.41, 5.74) is 0. The fourth-order valence-corrected chi connectivity index (χ4v) is 2.41. The number of carbonyl (C=O) groups excluding carboxylic acids is 2. The molecule has 2 amide bonds. The maximum Gasteiger partial charge on any atom is 0.245 e. The number of amides is 2. The molecule has 1 fully saturated rings. The van der Waals surface area contributed by atoms with Gasteiger partial charge in [0.25, 0.3) is 0 Å². The van der Waals surface area contributed by atoms with Crippen molar-refractivity contribution in [1.82, 2.24) is 10.2 Å². The van der Waals surface area contributed by atoms with Crippen molar-refractivity contribution >= 4 is 11.8 Å². The zero-order chi connectivity index (χ0) is 15.3. The molecule has 1 aliphatic rings. The number of piperazine rings is 1. The number of rotatable bonds is 7. The molecule has 3 atom stereocenters. The number of hydrogen-bond acceptors (Lipinski definition) is 3. The monoisotopic (exact) mass is 284 g/mol. The first-order valence-electron chi connectivity index (χ1n) is 7.57. The van der Waals surface area contributed by atoms with Crippen LogP contribution in [-0.4, -0.2) is 48.6 Å². The lowest BCUT2D eigenvalue weighted by atomic mass is 9.93. The summed E-state index contributed by atoms with van der Waals surface area (Å²) in [6, 6.07) is -0.806. The molecule has 5 nitrogen and oxygen atoms in total. The van der Waals surface area contributed by atoms with E-state index in [1.54, 1.807) is 11.8 Å². The van der Waals surface area contributed by atoms with Crippen molar-refractivity contribution in [1.29, 1.82) is 0 Å². The zero-order valence-electron chi connectivity index (χ0n) is 13.3. The highest BCUT2D eigenvalue weighted by Gasteiger charge is 2.40. The van der Waals surface area contributed by atoms with Crippen LogP contribution < -0.4 is 5.32 Å². The Morgan fingerprint density at radius 1 is 1.30 bits per heavy atom. The van der Waals surface area contributed by atoms with Gasteiger partial charge in [-0.05, 0) is 18.8 Å². The molecule has 1 aliphatic heterocycles. The van der Waals surface area contributed by atoms with Crippen molar-refractivity contribution in [3.8, 4) is 0 Å². The number of carbonyl (C=O) groups is 2. The van der Waals surface area contributed by atoms with Crippen molar-refractivity contribution in [3.63, 3.8) is 0 Å². The average molecular weight is 284 g/mol. The van der Waals surface area contributed by atoms with Gasteiger partial charge in [-0.15, -0.1) is 0 Å². The quantitative estimate of drug-likeness (QED) is 0.719. The first-order valence-corrected chi connectivity index (χ1v) is 7.57. The Hall–Kier alpha value is -1.10. The molecule has 1 N–H and O–H groups in total. The molecule has 1 heterocycles. The molecule has 5 heteroatoms. The van der Waals surface area contributed by atoms with Gasteiger partial charge in [-0.2, -0.15) is 0 Å². The molecular weight excluding hydrogens is 256 g/mol. The van der Waals surface area contributed by atoms with E-state index in [1.165, 1.54) is 0 Å². The van der Waals surface area contributed by atoms with Crippen molar-refractivity contribution in [3.05, 3.63) is 0 Å². The van der Waals surface area contributed by atoms with E-state index in [9.17, 15) is 9.59 Å². The number of hydrogen-bond donors (Lipinski definition) is 1. The number of nitrogens with one attached hydrogen (secondary N) is 1. The Labute approximate surface area is 122 Å². The SMILES string of the molecule is CCC(C)C1C(=O)NC(C)C(=O)N1CCOCC(C)C. The molecule has 1 saturated heterocycles. The van der Waals surface area contributed by atoms with Gasteiger partial charge in [-0.25, -0.2) is 0 Å². The zero-order valence-corrected chi connectivity index (χ0v) is 13.3. The molecule has 0 bridgehead atoms. The standard InChI is InChI=1S/C15H28N2O3/c1-6-11(4)13-14(18)16-12(5)15(19)17(13)7-8-20-9-10(2)3/h10-13H,6-9H2,1-5H3,(H,16,18). The Morgan fingerprint density at radius 3 is 2.50 bits per heavy atom. The van der Waals surface area contributed by atoms with Crippen LogP contribution in [0, 0.1) is 11.8 Å². The lowest BCUT2D eigenvalue weighted by molar-refractivity contribution is -0.151. The molecule has 0 saturated carbocycles. The van der Waals surface area contributed by atoms with Crippen LogP contribution >= 0.6 is 0 Å². The second kappa shape index (κ2) is 7.62. The van der Waals surface area contributed by atoms with Crippen molar-refractivity contribution in [2.24, 2.45) is 11.8 Å². The molecule has 0 aromatic heterocycles. The van der Waals surface area contributed by atoms with E-state index in [0.29, 0.717) is 25.7 Å². The summed E-state index contributed by atoms with van der Waals surface area (Å²) in [7, 11) is 0. The Morgan fingerprint density at radius 2 is 1.95 bits per heavy atom. The molecule has 0 aliphatic carbocycles. The highest BCUT2D eigenvalue weighted by atomic mass is 16.5. The third-order valence-corrected chi connectivity index (χ3v) is 3.73. The van der Waals surface area contributed by atoms with Gasteiger partial charge in [0, 0.05) is 13.2 Å². The van der Waals surface area contributed by atoms with Gasteiger partial charge >= 0.3 is 0 Å². The van der Waals surface area contributed by atoms with Gasteiger partial charge in [-0.3, -0.25) is 9.59 Å². The van der Waals surface area contributed by atoms with E-state index in [-0.39, 0.29) is 23.8 Å². The fourth-order valence-electron chi connectivity index (χ4n) is 2.41. The molecule has 20 heavy (non-hydrogen) atoms. The van der Waals surface area contributed by atoms with E-state index >= 15 is 0 Å². The molecule has 0 aromatic carbocycles. The van der Waals surface area contributed by atoms with Gasteiger partial charge < -0.3 is 15.0 Å². The summed E-state index contributed by atoms with van der Waals surface area (Å²) in [5, 5.41) is 2.76. The first kappa shape index (κ1) is 17.0. The Balaban J connectivity index is 2.68. The molecule has 1 rings (SSSR count).